The van der Waals surface area contributed by atoms with Crippen LogP contribution in [0.1, 0.15) is 12.5 Å². The summed E-state index contributed by atoms with van der Waals surface area (Å²) >= 11 is 3.26. The lowest BCUT2D eigenvalue weighted by molar-refractivity contribution is 1.14. The molecule has 0 saturated carbocycles. The van der Waals surface area contributed by atoms with Crippen LogP contribution in [0.2, 0.25) is 0 Å². The Morgan fingerprint density at radius 2 is 1.70 bits per heavy atom. The van der Waals surface area contributed by atoms with Gasteiger partial charge in [-0.2, -0.15) is 0 Å². The molecular formula is C15H15N3S2. The second kappa shape index (κ2) is 5.73. The molecule has 20 heavy (non-hydrogen) atoms. The van der Waals surface area contributed by atoms with E-state index in [9.17, 15) is 0 Å². The number of nitrogens with one attached hydrogen (secondary N) is 1. The second-order valence-electron chi connectivity index (χ2n) is 4.38. The van der Waals surface area contributed by atoms with E-state index in [-0.39, 0.29) is 0 Å². The summed E-state index contributed by atoms with van der Waals surface area (Å²) < 4.78 is 0. The number of hydrogen-bond acceptors (Lipinski definition) is 5. The molecule has 3 aromatic rings. The van der Waals surface area contributed by atoms with Crippen LogP contribution in [-0.2, 0) is 6.42 Å². The van der Waals surface area contributed by atoms with Crippen molar-refractivity contribution in [1.29, 1.82) is 0 Å². The zero-order chi connectivity index (χ0) is 13.9. The Labute approximate surface area is 126 Å². The van der Waals surface area contributed by atoms with Gasteiger partial charge in [-0.3, -0.25) is 0 Å². The lowest BCUT2D eigenvalue weighted by Crippen LogP contribution is -1.86. The molecule has 3 rings (SSSR count). The van der Waals surface area contributed by atoms with Crippen molar-refractivity contribution in [3.63, 3.8) is 0 Å². The van der Waals surface area contributed by atoms with Gasteiger partial charge in [-0.15, -0.1) is 22.7 Å². The van der Waals surface area contributed by atoms with Gasteiger partial charge < -0.3 is 5.32 Å². The molecule has 102 valence electrons. The standard InChI is InChI=1S/C15H15N3S2/c1-3-10-4-6-11(7-5-10)14-17-12(8-19-14)13-9-20-15(16-2)18-13/h4-9H,3H2,1-2H3,(H,16,18). The number of nitrogens with zero attached hydrogens (tertiary/aromatic N) is 2. The minimum absolute atomic E-state index is 0.918. The van der Waals surface area contributed by atoms with Crippen molar-refractivity contribution >= 4 is 27.8 Å². The summed E-state index contributed by atoms with van der Waals surface area (Å²) in [7, 11) is 1.88. The Hall–Kier alpha value is -1.72. The third-order valence-corrected chi connectivity index (χ3v) is 4.84. The average molecular weight is 301 g/mol. The van der Waals surface area contributed by atoms with E-state index < -0.39 is 0 Å². The molecule has 0 fully saturated rings. The molecule has 3 nitrogen and oxygen atoms in total. The first-order valence-corrected chi connectivity index (χ1v) is 8.24. The van der Waals surface area contributed by atoms with Crippen molar-refractivity contribution < 1.29 is 0 Å². The minimum atomic E-state index is 0.918. The summed E-state index contributed by atoms with van der Waals surface area (Å²) in [5.74, 6) is 0. The maximum absolute atomic E-state index is 4.69. The molecular weight excluding hydrogens is 286 g/mol. The van der Waals surface area contributed by atoms with E-state index in [0.717, 1.165) is 27.9 Å². The fourth-order valence-corrected chi connectivity index (χ4v) is 3.40. The Morgan fingerprint density at radius 3 is 2.35 bits per heavy atom. The number of aromatic nitrogens is 2. The molecule has 1 N–H and O–H groups in total. The van der Waals surface area contributed by atoms with Gasteiger partial charge in [0.25, 0.3) is 0 Å². The van der Waals surface area contributed by atoms with E-state index in [1.165, 1.54) is 11.1 Å². The number of aryl methyl sites for hydroxylation is 1. The maximum Gasteiger partial charge on any atom is 0.183 e. The highest BCUT2D eigenvalue weighted by Gasteiger charge is 2.09. The largest absolute Gasteiger partial charge is 0.365 e. The second-order valence-corrected chi connectivity index (χ2v) is 6.09. The fraction of sp³-hybridized carbons (Fsp3) is 0.200. The highest BCUT2D eigenvalue weighted by atomic mass is 32.1. The molecule has 0 aliphatic carbocycles. The number of rotatable bonds is 4. The van der Waals surface area contributed by atoms with Gasteiger partial charge in [0.05, 0.1) is 0 Å². The van der Waals surface area contributed by atoms with E-state index in [2.05, 4.69) is 51.9 Å². The molecule has 0 spiro atoms. The third-order valence-electron chi connectivity index (χ3n) is 3.09. The lowest BCUT2D eigenvalue weighted by Gasteiger charge is -1.98. The van der Waals surface area contributed by atoms with Crippen LogP contribution < -0.4 is 5.32 Å². The van der Waals surface area contributed by atoms with Gasteiger partial charge in [-0.05, 0) is 12.0 Å². The van der Waals surface area contributed by atoms with Gasteiger partial charge in [-0.25, -0.2) is 9.97 Å². The molecule has 1 aromatic carbocycles. The molecule has 0 radical (unpaired) electrons. The van der Waals surface area contributed by atoms with Crippen LogP contribution >= 0.6 is 22.7 Å². The van der Waals surface area contributed by atoms with Crippen molar-refractivity contribution in [1.82, 2.24) is 9.97 Å². The van der Waals surface area contributed by atoms with Gasteiger partial charge in [0.2, 0.25) is 0 Å². The molecule has 0 saturated heterocycles. The normalized spacial score (nSPS) is 10.7. The zero-order valence-electron chi connectivity index (χ0n) is 11.4. The van der Waals surface area contributed by atoms with Gasteiger partial charge in [0, 0.05) is 23.4 Å². The highest BCUT2D eigenvalue weighted by Crippen LogP contribution is 2.30. The van der Waals surface area contributed by atoms with Gasteiger partial charge in [0.1, 0.15) is 16.4 Å². The van der Waals surface area contributed by atoms with Crippen LogP contribution in [-0.4, -0.2) is 17.0 Å². The monoisotopic (exact) mass is 301 g/mol. The smallest absolute Gasteiger partial charge is 0.183 e. The Balaban J connectivity index is 1.88. The fourth-order valence-electron chi connectivity index (χ4n) is 1.91. The summed E-state index contributed by atoms with van der Waals surface area (Å²) in [5.41, 5.74) is 4.40. The molecule has 2 heterocycles. The number of benzene rings is 1. The number of anilines is 1. The van der Waals surface area contributed by atoms with Crippen LogP contribution in [0.4, 0.5) is 5.13 Å². The minimum Gasteiger partial charge on any atom is -0.365 e. The summed E-state index contributed by atoms with van der Waals surface area (Å²) in [6.45, 7) is 2.16. The SMILES string of the molecule is CCc1ccc(-c2nc(-c3csc(NC)n3)cs2)cc1. The zero-order valence-corrected chi connectivity index (χ0v) is 13.0. The first kappa shape index (κ1) is 13.3. The van der Waals surface area contributed by atoms with Crippen molar-refractivity contribution in [3.05, 3.63) is 40.6 Å². The Morgan fingerprint density at radius 1 is 1.00 bits per heavy atom. The predicted octanol–water partition coefficient (Wildman–Crippen LogP) is 4.54. The molecule has 0 aliphatic rings. The van der Waals surface area contributed by atoms with Gasteiger partial charge in [-0.1, -0.05) is 31.2 Å². The predicted molar refractivity (Wildman–Crippen MR) is 87.6 cm³/mol. The Kier molecular flexibility index (Phi) is 3.80. The van der Waals surface area contributed by atoms with E-state index in [4.69, 9.17) is 0 Å². The van der Waals surface area contributed by atoms with E-state index in [1.807, 2.05) is 12.4 Å². The van der Waals surface area contributed by atoms with Crippen LogP contribution in [0.25, 0.3) is 22.0 Å². The van der Waals surface area contributed by atoms with Crippen LogP contribution in [0.15, 0.2) is 35.0 Å². The summed E-state index contributed by atoms with van der Waals surface area (Å²) in [5, 5.41) is 9.11. The average Bonchev–Trinajstić information content (AvgIpc) is 3.16. The third kappa shape index (κ3) is 2.59. The molecule has 0 aliphatic heterocycles. The number of hydrogen-bond donors (Lipinski definition) is 1. The molecule has 5 heteroatoms. The highest BCUT2D eigenvalue weighted by molar-refractivity contribution is 7.14. The lowest BCUT2D eigenvalue weighted by atomic mass is 10.1. The van der Waals surface area contributed by atoms with Crippen LogP contribution in [0.3, 0.4) is 0 Å². The van der Waals surface area contributed by atoms with Crippen molar-refractivity contribution in [2.24, 2.45) is 0 Å². The molecule has 0 unspecified atom stereocenters. The van der Waals surface area contributed by atoms with Gasteiger partial charge >= 0.3 is 0 Å². The van der Waals surface area contributed by atoms with Gasteiger partial charge in [0.15, 0.2) is 5.13 Å². The topological polar surface area (TPSA) is 37.8 Å². The first-order valence-electron chi connectivity index (χ1n) is 6.48. The molecule has 0 bridgehead atoms. The molecule has 0 atom stereocenters. The summed E-state index contributed by atoms with van der Waals surface area (Å²) in [6.07, 6.45) is 1.06. The maximum atomic E-state index is 4.69. The van der Waals surface area contributed by atoms with Crippen molar-refractivity contribution in [2.75, 3.05) is 12.4 Å². The van der Waals surface area contributed by atoms with Crippen molar-refractivity contribution in [3.8, 4) is 22.0 Å². The van der Waals surface area contributed by atoms with Crippen LogP contribution in [0.5, 0.6) is 0 Å². The van der Waals surface area contributed by atoms with E-state index in [1.54, 1.807) is 22.7 Å². The number of thiazole rings is 2. The van der Waals surface area contributed by atoms with E-state index >= 15 is 0 Å². The van der Waals surface area contributed by atoms with Crippen molar-refractivity contribution in [2.45, 2.75) is 13.3 Å². The van der Waals surface area contributed by atoms with E-state index in [0.29, 0.717) is 0 Å². The molecule has 0 amide bonds. The summed E-state index contributed by atoms with van der Waals surface area (Å²) in [6, 6.07) is 8.61. The summed E-state index contributed by atoms with van der Waals surface area (Å²) in [4.78, 5) is 9.17. The van der Waals surface area contributed by atoms with Crippen LogP contribution in [0, 0.1) is 0 Å². The first-order chi connectivity index (χ1) is 9.80. The molecule has 2 aromatic heterocycles. The quantitative estimate of drug-likeness (QED) is 0.769. The Bertz CT molecular complexity index is 698.